The number of hydrogen-bond acceptors (Lipinski definition) is 1. The first kappa shape index (κ1) is 17.7. The Labute approximate surface area is 130 Å². The second-order valence-electron chi connectivity index (χ2n) is 6.94. The highest BCUT2D eigenvalue weighted by molar-refractivity contribution is 5.50. The average molecular weight is 286 g/mol. The molecule has 1 unspecified atom stereocenters. The third kappa shape index (κ3) is 5.87. The number of hydrogen-bond donors (Lipinski definition) is 0. The maximum Gasteiger partial charge on any atom is 0.120 e. The molecule has 0 saturated carbocycles. The Bertz CT molecular complexity index is 472. The van der Waals surface area contributed by atoms with Crippen molar-refractivity contribution in [3.8, 4) is 0 Å². The number of carbonyl (C=O) groups excluding carboxylic acids is 1. The van der Waals surface area contributed by atoms with E-state index in [-0.39, 0.29) is 0 Å². The highest BCUT2D eigenvalue weighted by atomic mass is 16.1. The summed E-state index contributed by atoms with van der Waals surface area (Å²) in [6.45, 7) is 11.1. The first-order valence-electron chi connectivity index (χ1n) is 8.04. The molecule has 0 radical (unpaired) electrons. The molecule has 1 aliphatic rings. The van der Waals surface area contributed by atoms with E-state index in [9.17, 15) is 4.79 Å². The summed E-state index contributed by atoms with van der Waals surface area (Å²) in [5, 5.41) is 0. The lowest BCUT2D eigenvalue weighted by atomic mass is 9.72. The van der Waals surface area contributed by atoms with E-state index in [4.69, 9.17) is 0 Å². The van der Waals surface area contributed by atoms with Gasteiger partial charge in [-0.1, -0.05) is 62.3 Å². The second kappa shape index (κ2) is 8.17. The molecule has 0 bridgehead atoms. The van der Waals surface area contributed by atoms with Gasteiger partial charge in [-0.3, -0.25) is 0 Å². The smallest absolute Gasteiger partial charge is 0.120 e. The van der Waals surface area contributed by atoms with Crippen LogP contribution in [0.4, 0.5) is 0 Å². The summed E-state index contributed by atoms with van der Waals surface area (Å²) < 4.78 is 0. The number of allylic oxidation sites excluding steroid dienone is 8. The fourth-order valence-corrected chi connectivity index (χ4v) is 2.91. The molecule has 21 heavy (non-hydrogen) atoms. The summed E-state index contributed by atoms with van der Waals surface area (Å²) in [6, 6.07) is 0. The zero-order valence-corrected chi connectivity index (χ0v) is 14.3. The highest BCUT2D eigenvalue weighted by Crippen LogP contribution is 2.40. The van der Waals surface area contributed by atoms with Crippen molar-refractivity contribution in [2.24, 2.45) is 11.3 Å². The molecule has 0 aromatic carbocycles. The Morgan fingerprint density at radius 2 is 2.10 bits per heavy atom. The van der Waals surface area contributed by atoms with Gasteiger partial charge < -0.3 is 4.79 Å². The molecule has 0 aromatic heterocycles. The van der Waals surface area contributed by atoms with Gasteiger partial charge in [-0.25, -0.2) is 0 Å². The molecule has 0 N–H and O–H groups in total. The van der Waals surface area contributed by atoms with E-state index >= 15 is 0 Å². The van der Waals surface area contributed by atoms with Crippen LogP contribution in [0.1, 0.15) is 60.3 Å². The third-order valence-electron chi connectivity index (χ3n) is 4.32. The summed E-state index contributed by atoms with van der Waals surface area (Å²) in [6.07, 6.45) is 16.1. The third-order valence-corrected chi connectivity index (χ3v) is 4.32. The van der Waals surface area contributed by atoms with Gasteiger partial charge in [0.25, 0.3) is 0 Å². The van der Waals surface area contributed by atoms with Crippen LogP contribution in [0, 0.1) is 11.3 Å². The van der Waals surface area contributed by atoms with E-state index in [0.717, 1.165) is 6.29 Å². The minimum atomic E-state index is 0.299. The standard InChI is InChI=1S/C20H30O/c1-16(8-6-9-17(2)13-15-21)11-12-19-18(3)10-7-14-20(19,4)5/h6,8-9,11-12,15,17H,7,10,13-14H2,1-5H3/b9-6+,12-11+,16-8+. The van der Waals surface area contributed by atoms with Crippen LogP contribution in [0.5, 0.6) is 0 Å². The van der Waals surface area contributed by atoms with Crippen LogP contribution in [0.15, 0.2) is 47.1 Å². The van der Waals surface area contributed by atoms with Gasteiger partial charge in [0, 0.05) is 6.42 Å². The van der Waals surface area contributed by atoms with Crippen LogP contribution in [-0.2, 0) is 4.79 Å². The monoisotopic (exact) mass is 286 g/mol. The van der Waals surface area contributed by atoms with Gasteiger partial charge in [-0.15, -0.1) is 0 Å². The minimum absolute atomic E-state index is 0.299. The van der Waals surface area contributed by atoms with Gasteiger partial charge in [0.1, 0.15) is 6.29 Å². The molecule has 116 valence electrons. The Kier molecular flexibility index (Phi) is 6.87. The van der Waals surface area contributed by atoms with Gasteiger partial charge in [-0.05, 0) is 50.0 Å². The van der Waals surface area contributed by atoms with Crippen molar-refractivity contribution in [2.45, 2.75) is 60.3 Å². The van der Waals surface area contributed by atoms with Crippen molar-refractivity contribution in [2.75, 3.05) is 0 Å². The van der Waals surface area contributed by atoms with E-state index in [1.807, 2.05) is 0 Å². The first-order valence-corrected chi connectivity index (χ1v) is 8.04. The van der Waals surface area contributed by atoms with Crippen molar-refractivity contribution in [1.82, 2.24) is 0 Å². The predicted octanol–water partition coefficient (Wildman–Crippen LogP) is 5.80. The summed E-state index contributed by atoms with van der Waals surface area (Å²) in [5.74, 6) is 0.317. The van der Waals surface area contributed by atoms with E-state index < -0.39 is 0 Å². The molecule has 1 rings (SSSR count). The fraction of sp³-hybridized carbons (Fsp3) is 0.550. The molecule has 1 atom stereocenters. The predicted molar refractivity (Wildman–Crippen MR) is 92.2 cm³/mol. The topological polar surface area (TPSA) is 17.1 Å². The van der Waals surface area contributed by atoms with E-state index in [1.54, 1.807) is 0 Å². The second-order valence-corrected chi connectivity index (χ2v) is 6.94. The summed E-state index contributed by atoms with van der Waals surface area (Å²) in [5.41, 5.74) is 4.57. The number of carbonyl (C=O) groups is 1. The van der Waals surface area contributed by atoms with E-state index in [2.05, 4.69) is 65.0 Å². The fourth-order valence-electron chi connectivity index (χ4n) is 2.91. The molecular formula is C20H30O. The summed E-state index contributed by atoms with van der Waals surface area (Å²) in [4.78, 5) is 10.4. The Hall–Kier alpha value is -1.37. The Morgan fingerprint density at radius 1 is 1.38 bits per heavy atom. The van der Waals surface area contributed by atoms with E-state index in [1.165, 1.54) is 36.0 Å². The lowest BCUT2D eigenvalue weighted by molar-refractivity contribution is -0.108. The summed E-state index contributed by atoms with van der Waals surface area (Å²) in [7, 11) is 0. The molecule has 0 aliphatic heterocycles. The highest BCUT2D eigenvalue weighted by Gasteiger charge is 2.26. The van der Waals surface area contributed by atoms with Crippen molar-refractivity contribution in [3.63, 3.8) is 0 Å². The minimum Gasteiger partial charge on any atom is -0.303 e. The zero-order valence-electron chi connectivity index (χ0n) is 14.3. The van der Waals surface area contributed by atoms with E-state index in [0.29, 0.717) is 17.8 Å². The van der Waals surface area contributed by atoms with Crippen LogP contribution < -0.4 is 0 Å². The van der Waals surface area contributed by atoms with Gasteiger partial charge in [0.05, 0.1) is 0 Å². The molecule has 0 heterocycles. The van der Waals surface area contributed by atoms with Crippen LogP contribution in [-0.4, -0.2) is 6.29 Å². The SMILES string of the molecule is CC1=C(/C=C/C(C)=C/C=C/C(C)CC=O)C(C)(C)CCC1. The normalized spacial score (nSPS) is 21.3. The van der Waals surface area contributed by atoms with Crippen LogP contribution >= 0.6 is 0 Å². The number of rotatable bonds is 6. The molecule has 1 aliphatic carbocycles. The average Bonchev–Trinajstić information content (AvgIpc) is 2.37. The molecule has 0 spiro atoms. The molecular weight excluding hydrogens is 256 g/mol. The van der Waals surface area contributed by atoms with Gasteiger partial charge in [0.2, 0.25) is 0 Å². The van der Waals surface area contributed by atoms with Crippen LogP contribution in [0.3, 0.4) is 0 Å². The Morgan fingerprint density at radius 3 is 2.71 bits per heavy atom. The van der Waals surface area contributed by atoms with Crippen molar-refractivity contribution in [3.05, 3.63) is 47.1 Å². The van der Waals surface area contributed by atoms with Crippen molar-refractivity contribution in [1.29, 1.82) is 0 Å². The van der Waals surface area contributed by atoms with Crippen molar-refractivity contribution >= 4 is 6.29 Å². The number of aldehydes is 1. The van der Waals surface area contributed by atoms with Crippen LogP contribution in [0.25, 0.3) is 0 Å². The van der Waals surface area contributed by atoms with Gasteiger partial charge in [0.15, 0.2) is 0 Å². The van der Waals surface area contributed by atoms with Gasteiger partial charge in [-0.2, -0.15) is 0 Å². The quantitative estimate of drug-likeness (QED) is 0.445. The zero-order chi connectivity index (χ0) is 15.9. The molecule has 1 heteroatoms. The summed E-state index contributed by atoms with van der Waals surface area (Å²) >= 11 is 0. The molecule has 0 fully saturated rings. The molecule has 0 aromatic rings. The lowest BCUT2D eigenvalue weighted by Crippen LogP contribution is -2.19. The lowest BCUT2D eigenvalue weighted by Gasteiger charge is -2.32. The Balaban J connectivity index is 2.73. The molecule has 0 saturated heterocycles. The maximum atomic E-state index is 10.4. The molecule has 1 nitrogen and oxygen atoms in total. The maximum absolute atomic E-state index is 10.4. The largest absolute Gasteiger partial charge is 0.303 e. The first-order chi connectivity index (χ1) is 9.86. The van der Waals surface area contributed by atoms with Crippen LogP contribution in [0.2, 0.25) is 0 Å². The van der Waals surface area contributed by atoms with Crippen molar-refractivity contribution < 1.29 is 4.79 Å². The molecule has 0 amide bonds. The van der Waals surface area contributed by atoms with Gasteiger partial charge >= 0.3 is 0 Å².